The minimum absolute atomic E-state index is 0.0169. The second kappa shape index (κ2) is 8.07. The summed E-state index contributed by atoms with van der Waals surface area (Å²) in [6, 6.07) is 7.29. The Morgan fingerprint density at radius 1 is 0.824 bits per heavy atom. The van der Waals surface area contributed by atoms with E-state index in [-0.39, 0.29) is 51.7 Å². The van der Waals surface area contributed by atoms with Crippen LogP contribution in [0.1, 0.15) is 74.1 Å². The Labute approximate surface area is 194 Å². The topological polar surface area (TPSA) is 151 Å². The van der Waals surface area contributed by atoms with Crippen LogP contribution in [0.2, 0.25) is 0 Å². The van der Waals surface area contributed by atoms with E-state index >= 15 is 0 Å². The fraction of sp³-hybridized carbons (Fsp3) is 0.400. The van der Waals surface area contributed by atoms with Gasteiger partial charge in [-0.3, -0.25) is 14.4 Å². The lowest BCUT2D eigenvalue weighted by atomic mass is 9.73. The van der Waals surface area contributed by atoms with Crippen molar-refractivity contribution in [2.24, 2.45) is 5.92 Å². The number of aliphatic hydroxyl groups is 4. The molecule has 9 heteroatoms. The lowest BCUT2D eigenvalue weighted by molar-refractivity contribution is -0.268. The normalized spacial score (nSPS) is 32.6. The molecule has 4 N–H and O–H groups in total. The number of rotatable bonds is 2. The molecular formula is C25H24O9. The number of hydrogen-bond acceptors (Lipinski definition) is 9. The van der Waals surface area contributed by atoms with Crippen LogP contribution in [-0.4, -0.2) is 68.5 Å². The summed E-state index contributed by atoms with van der Waals surface area (Å²) in [6.07, 6.45) is -7.57. The molecular weight excluding hydrogens is 444 g/mol. The zero-order valence-electron chi connectivity index (χ0n) is 18.5. The maximum atomic E-state index is 13.5. The van der Waals surface area contributed by atoms with Crippen molar-refractivity contribution < 1.29 is 44.3 Å². The van der Waals surface area contributed by atoms with E-state index in [1.165, 1.54) is 37.3 Å². The number of benzene rings is 2. The second-order valence-electron chi connectivity index (χ2n) is 9.14. The van der Waals surface area contributed by atoms with Crippen molar-refractivity contribution in [2.75, 3.05) is 0 Å². The summed E-state index contributed by atoms with van der Waals surface area (Å²) in [5.74, 6) is -1.75. The lowest BCUT2D eigenvalue weighted by Gasteiger charge is -2.39. The summed E-state index contributed by atoms with van der Waals surface area (Å²) >= 11 is 0. The van der Waals surface area contributed by atoms with E-state index in [9.17, 15) is 34.8 Å². The number of ketones is 3. The molecule has 0 unspecified atom stereocenters. The highest BCUT2D eigenvalue weighted by Gasteiger charge is 2.45. The standard InChI is InChI=1S/C25H24O9/c1-9-8-14(26)16-12(19(9)27)6-7-13-18(16)22(30)11-4-3-5-15(17(11)21(13)29)34-25-24(32)23(31)20(28)10(2)33-25/h3-7,9-10,19-20,23-25,27-28,31-32H,8H2,1-2H3/t9-,10-,19+,20-,23-,24+,25-/m0/s1. The van der Waals surface area contributed by atoms with Gasteiger partial charge in [0.05, 0.1) is 17.8 Å². The molecule has 2 aromatic rings. The molecule has 1 saturated heterocycles. The highest BCUT2D eigenvalue weighted by atomic mass is 16.7. The van der Waals surface area contributed by atoms with Gasteiger partial charge >= 0.3 is 0 Å². The first kappa shape index (κ1) is 22.8. The van der Waals surface area contributed by atoms with E-state index in [0.717, 1.165) is 0 Å². The first-order valence-corrected chi connectivity index (χ1v) is 11.1. The van der Waals surface area contributed by atoms with Crippen molar-refractivity contribution in [3.8, 4) is 5.75 Å². The predicted octanol–water partition coefficient (Wildman–Crippen LogP) is 0.924. The predicted molar refractivity (Wildman–Crippen MR) is 116 cm³/mol. The quantitative estimate of drug-likeness (QED) is 0.430. The van der Waals surface area contributed by atoms with Gasteiger partial charge in [0.15, 0.2) is 17.3 Å². The van der Waals surface area contributed by atoms with Crippen molar-refractivity contribution >= 4 is 17.3 Å². The van der Waals surface area contributed by atoms with Crippen molar-refractivity contribution in [2.45, 2.75) is 57.1 Å². The molecule has 7 atom stereocenters. The third kappa shape index (κ3) is 3.24. The van der Waals surface area contributed by atoms with E-state index in [2.05, 4.69) is 0 Å². The third-order valence-corrected chi connectivity index (χ3v) is 6.90. The zero-order chi connectivity index (χ0) is 24.5. The monoisotopic (exact) mass is 468 g/mol. The van der Waals surface area contributed by atoms with Gasteiger partial charge in [0.2, 0.25) is 6.29 Å². The third-order valence-electron chi connectivity index (χ3n) is 6.90. The summed E-state index contributed by atoms with van der Waals surface area (Å²) in [5, 5.41) is 40.8. The van der Waals surface area contributed by atoms with E-state index in [0.29, 0.717) is 5.56 Å². The Bertz CT molecular complexity index is 1220. The molecule has 5 rings (SSSR count). The molecule has 1 heterocycles. The number of aliphatic hydroxyl groups excluding tert-OH is 4. The highest BCUT2D eigenvalue weighted by Crippen LogP contribution is 2.42. The number of fused-ring (bicyclic) bond motifs is 4. The summed E-state index contributed by atoms with van der Waals surface area (Å²) in [4.78, 5) is 39.9. The molecule has 2 aliphatic carbocycles. The van der Waals surface area contributed by atoms with E-state index in [4.69, 9.17) is 9.47 Å². The minimum Gasteiger partial charge on any atom is -0.461 e. The van der Waals surface area contributed by atoms with Crippen molar-refractivity contribution in [3.05, 3.63) is 63.7 Å². The molecule has 2 aromatic carbocycles. The first-order chi connectivity index (χ1) is 16.1. The molecule has 9 nitrogen and oxygen atoms in total. The summed E-state index contributed by atoms with van der Waals surface area (Å²) in [7, 11) is 0. The first-order valence-electron chi connectivity index (χ1n) is 11.1. The van der Waals surface area contributed by atoms with Crippen LogP contribution in [0, 0.1) is 5.92 Å². The van der Waals surface area contributed by atoms with Crippen molar-refractivity contribution in [1.29, 1.82) is 0 Å². The molecule has 1 aliphatic heterocycles. The molecule has 0 amide bonds. The van der Waals surface area contributed by atoms with Crippen LogP contribution in [0.4, 0.5) is 0 Å². The number of hydrogen-bond donors (Lipinski definition) is 4. The zero-order valence-corrected chi connectivity index (χ0v) is 18.5. The van der Waals surface area contributed by atoms with Crippen LogP contribution in [0.25, 0.3) is 0 Å². The van der Waals surface area contributed by atoms with Crippen LogP contribution in [-0.2, 0) is 4.74 Å². The van der Waals surface area contributed by atoms with E-state index in [1.54, 1.807) is 6.92 Å². The van der Waals surface area contributed by atoms with Crippen LogP contribution >= 0.6 is 0 Å². The molecule has 1 fully saturated rings. The van der Waals surface area contributed by atoms with Crippen molar-refractivity contribution in [3.63, 3.8) is 0 Å². The molecule has 178 valence electrons. The minimum atomic E-state index is -1.60. The molecule has 0 spiro atoms. The number of ether oxygens (including phenoxy) is 2. The van der Waals surface area contributed by atoms with Gasteiger partial charge in [-0.25, -0.2) is 0 Å². The summed E-state index contributed by atoms with van der Waals surface area (Å²) in [5.41, 5.74) is 0.375. The van der Waals surface area contributed by atoms with Gasteiger partial charge in [-0.05, 0) is 30.5 Å². The van der Waals surface area contributed by atoms with Gasteiger partial charge in [-0.15, -0.1) is 0 Å². The second-order valence-corrected chi connectivity index (χ2v) is 9.14. The fourth-order valence-corrected chi connectivity index (χ4v) is 4.96. The molecule has 0 radical (unpaired) electrons. The Morgan fingerprint density at radius 2 is 1.50 bits per heavy atom. The molecule has 0 bridgehead atoms. The number of Topliss-reactive ketones (excluding diaryl/α,β-unsaturated/α-hetero) is 1. The maximum Gasteiger partial charge on any atom is 0.229 e. The average Bonchev–Trinajstić information content (AvgIpc) is 2.82. The van der Waals surface area contributed by atoms with Gasteiger partial charge in [0, 0.05) is 28.7 Å². The molecule has 34 heavy (non-hydrogen) atoms. The Hall–Kier alpha value is -2.95. The highest BCUT2D eigenvalue weighted by molar-refractivity contribution is 6.32. The fourth-order valence-electron chi connectivity index (χ4n) is 4.96. The molecule has 0 aromatic heterocycles. The smallest absolute Gasteiger partial charge is 0.229 e. The van der Waals surface area contributed by atoms with Gasteiger partial charge in [-0.2, -0.15) is 0 Å². The summed E-state index contributed by atoms with van der Waals surface area (Å²) < 4.78 is 11.2. The van der Waals surface area contributed by atoms with Gasteiger partial charge < -0.3 is 29.9 Å². The van der Waals surface area contributed by atoms with Crippen molar-refractivity contribution in [1.82, 2.24) is 0 Å². The van der Waals surface area contributed by atoms with E-state index < -0.39 is 48.4 Å². The SMILES string of the molecule is C[C@@H]1O[C@@H](Oc2cccc3c2C(=O)c2ccc4c(c2C3=O)C(=O)C[C@H](C)[C@H]4O)[C@H](O)[C@@H](O)[C@H]1O. The molecule has 3 aliphatic rings. The summed E-state index contributed by atoms with van der Waals surface area (Å²) in [6.45, 7) is 3.24. The lowest BCUT2D eigenvalue weighted by Crippen LogP contribution is -2.58. The Balaban J connectivity index is 1.58. The van der Waals surface area contributed by atoms with Gasteiger partial charge in [0.1, 0.15) is 24.1 Å². The average molecular weight is 468 g/mol. The Kier molecular flexibility index (Phi) is 5.42. The number of carbonyl (C=O) groups is 3. The van der Waals surface area contributed by atoms with Crippen LogP contribution in [0.15, 0.2) is 30.3 Å². The van der Waals surface area contributed by atoms with E-state index in [1.807, 2.05) is 0 Å². The van der Waals surface area contributed by atoms with Gasteiger partial charge in [0.25, 0.3) is 0 Å². The van der Waals surface area contributed by atoms with Crippen LogP contribution in [0.5, 0.6) is 5.75 Å². The van der Waals surface area contributed by atoms with Crippen LogP contribution in [0.3, 0.4) is 0 Å². The van der Waals surface area contributed by atoms with Crippen LogP contribution < -0.4 is 4.74 Å². The maximum absolute atomic E-state index is 13.5. The molecule has 0 saturated carbocycles. The largest absolute Gasteiger partial charge is 0.461 e. The Morgan fingerprint density at radius 3 is 2.24 bits per heavy atom. The van der Waals surface area contributed by atoms with Gasteiger partial charge in [-0.1, -0.05) is 25.1 Å². The number of carbonyl (C=O) groups excluding carboxylic acids is 3.